The zero-order valence-electron chi connectivity index (χ0n) is 13.3. The molecule has 0 saturated carbocycles. The Labute approximate surface area is 145 Å². The minimum atomic E-state index is -0.969. The molecule has 9 heteroatoms. The zero-order valence-corrected chi connectivity index (χ0v) is 13.3. The lowest BCUT2D eigenvalue weighted by molar-refractivity contribution is -0.116. The number of halogens is 3. The first-order valence-corrected chi connectivity index (χ1v) is 7.55. The molecule has 3 N–H and O–H groups in total. The van der Waals surface area contributed by atoms with Gasteiger partial charge in [0.25, 0.3) is 5.89 Å². The lowest BCUT2D eigenvalue weighted by Crippen LogP contribution is -2.15. The van der Waals surface area contributed by atoms with E-state index in [0.29, 0.717) is 11.6 Å². The number of aromatic nitrogens is 2. The molecule has 0 unspecified atom stereocenters. The van der Waals surface area contributed by atoms with Gasteiger partial charge in [-0.2, -0.15) is 4.98 Å². The minimum absolute atomic E-state index is 0.0849. The van der Waals surface area contributed by atoms with E-state index in [0.717, 1.165) is 6.07 Å². The maximum absolute atomic E-state index is 13.7. The number of rotatable bonds is 5. The minimum Gasteiger partial charge on any atom is -0.397 e. The van der Waals surface area contributed by atoms with Crippen LogP contribution < -0.4 is 11.1 Å². The van der Waals surface area contributed by atoms with Gasteiger partial charge in [-0.3, -0.25) is 4.79 Å². The molecule has 0 aliphatic heterocycles. The fourth-order valence-electron chi connectivity index (χ4n) is 2.25. The highest BCUT2D eigenvalue weighted by Crippen LogP contribution is 2.24. The second-order valence-corrected chi connectivity index (χ2v) is 5.43. The summed E-state index contributed by atoms with van der Waals surface area (Å²) in [4.78, 5) is 16.0. The molecule has 1 heterocycles. The van der Waals surface area contributed by atoms with E-state index in [1.165, 1.54) is 18.2 Å². The number of aryl methyl sites for hydroxylation is 1. The van der Waals surface area contributed by atoms with Crippen molar-refractivity contribution in [1.82, 2.24) is 10.1 Å². The third-order valence-electron chi connectivity index (χ3n) is 3.47. The molecule has 0 aliphatic rings. The summed E-state index contributed by atoms with van der Waals surface area (Å²) in [5.74, 6) is -2.46. The molecule has 1 aromatic heterocycles. The average Bonchev–Trinajstić information content (AvgIpc) is 3.05. The maximum Gasteiger partial charge on any atom is 0.258 e. The van der Waals surface area contributed by atoms with Crippen LogP contribution in [0, 0.1) is 17.5 Å². The third kappa shape index (κ3) is 4.00. The number of carbonyl (C=O) groups is 1. The van der Waals surface area contributed by atoms with E-state index >= 15 is 0 Å². The topological polar surface area (TPSA) is 94.0 Å². The SMILES string of the molecule is Nc1cc(F)cc(F)c1NC(=O)CCc1noc(-c2cccc(F)c2)n1. The van der Waals surface area contributed by atoms with Crippen LogP contribution in [0.2, 0.25) is 0 Å². The van der Waals surface area contributed by atoms with Crippen LogP contribution in [-0.2, 0) is 11.2 Å². The summed E-state index contributed by atoms with van der Waals surface area (Å²) in [5.41, 5.74) is 5.40. The maximum atomic E-state index is 13.7. The summed E-state index contributed by atoms with van der Waals surface area (Å²) in [6, 6.07) is 7.16. The number of hydrogen-bond acceptors (Lipinski definition) is 5. The fraction of sp³-hybridized carbons (Fsp3) is 0.118. The zero-order chi connectivity index (χ0) is 18.7. The smallest absolute Gasteiger partial charge is 0.258 e. The Bertz CT molecular complexity index is 936. The normalized spacial score (nSPS) is 10.7. The second kappa shape index (κ2) is 7.26. The lowest BCUT2D eigenvalue weighted by Gasteiger charge is -2.08. The van der Waals surface area contributed by atoms with Crippen LogP contribution in [-0.4, -0.2) is 16.0 Å². The third-order valence-corrected chi connectivity index (χ3v) is 3.47. The fourth-order valence-corrected chi connectivity index (χ4v) is 2.25. The molecule has 3 rings (SSSR count). The van der Waals surface area contributed by atoms with Gasteiger partial charge in [-0.1, -0.05) is 11.2 Å². The molecule has 1 amide bonds. The number of nitrogens with one attached hydrogen (secondary N) is 1. The monoisotopic (exact) mass is 362 g/mol. The molecular formula is C17H13F3N4O2. The molecule has 2 aromatic carbocycles. The van der Waals surface area contributed by atoms with E-state index in [9.17, 15) is 18.0 Å². The molecule has 0 saturated heterocycles. The number of nitrogen functional groups attached to an aromatic ring is 1. The van der Waals surface area contributed by atoms with E-state index in [-0.39, 0.29) is 35.9 Å². The molecule has 0 aliphatic carbocycles. The van der Waals surface area contributed by atoms with Gasteiger partial charge in [0.05, 0.1) is 5.69 Å². The summed E-state index contributed by atoms with van der Waals surface area (Å²) in [7, 11) is 0. The van der Waals surface area contributed by atoms with Crippen molar-refractivity contribution in [3.63, 3.8) is 0 Å². The van der Waals surface area contributed by atoms with Crippen molar-refractivity contribution in [2.24, 2.45) is 0 Å². The van der Waals surface area contributed by atoms with Crippen molar-refractivity contribution < 1.29 is 22.5 Å². The Morgan fingerprint density at radius 2 is 1.96 bits per heavy atom. The summed E-state index contributed by atoms with van der Waals surface area (Å²) in [5, 5.41) is 5.99. The van der Waals surface area contributed by atoms with Crippen LogP contribution in [0.5, 0.6) is 0 Å². The van der Waals surface area contributed by atoms with Crippen molar-refractivity contribution in [3.05, 3.63) is 59.7 Å². The Kier molecular flexibility index (Phi) is 4.87. The highest BCUT2D eigenvalue weighted by Gasteiger charge is 2.14. The first-order chi connectivity index (χ1) is 12.4. The first kappa shape index (κ1) is 17.5. The Hall–Kier alpha value is -3.36. The van der Waals surface area contributed by atoms with E-state index in [1.807, 2.05) is 0 Å². The Morgan fingerprint density at radius 3 is 2.69 bits per heavy atom. The number of anilines is 2. The van der Waals surface area contributed by atoms with Gasteiger partial charge in [0, 0.05) is 24.5 Å². The average molecular weight is 362 g/mol. The van der Waals surface area contributed by atoms with Crippen LogP contribution in [0.1, 0.15) is 12.2 Å². The summed E-state index contributed by atoms with van der Waals surface area (Å²) in [6.45, 7) is 0. The Morgan fingerprint density at radius 1 is 1.15 bits per heavy atom. The first-order valence-electron chi connectivity index (χ1n) is 7.55. The highest BCUT2D eigenvalue weighted by atomic mass is 19.1. The van der Waals surface area contributed by atoms with Gasteiger partial charge in [-0.15, -0.1) is 0 Å². The van der Waals surface area contributed by atoms with Crippen LogP contribution in [0.4, 0.5) is 24.5 Å². The van der Waals surface area contributed by atoms with E-state index in [4.69, 9.17) is 10.3 Å². The van der Waals surface area contributed by atoms with Gasteiger partial charge < -0.3 is 15.6 Å². The molecular weight excluding hydrogens is 349 g/mol. The Balaban J connectivity index is 1.62. The van der Waals surface area contributed by atoms with Crippen molar-refractivity contribution in [2.45, 2.75) is 12.8 Å². The van der Waals surface area contributed by atoms with Crippen molar-refractivity contribution in [2.75, 3.05) is 11.1 Å². The van der Waals surface area contributed by atoms with Gasteiger partial charge in [-0.25, -0.2) is 13.2 Å². The quantitative estimate of drug-likeness (QED) is 0.679. The van der Waals surface area contributed by atoms with Crippen LogP contribution in [0.3, 0.4) is 0 Å². The van der Waals surface area contributed by atoms with E-state index in [2.05, 4.69) is 15.5 Å². The van der Waals surface area contributed by atoms with Crippen molar-refractivity contribution in [3.8, 4) is 11.5 Å². The number of carbonyl (C=O) groups excluding carboxylic acids is 1. The predicted octanol–water partition coefficient (Wildman–Crippen LogP) is 3.31. The number of nitrogens with two attached hydrogens (primary N) is 1. The largest absolute Gasteiger partial charge is 0.397 e. The standard InChI is InChI=1S/C17H13F3N4O2/c18-10-3-1-2-9(6-10)17-22-14(24-26-17)4-5-15(25)23-16-12(20)7-11(19)8-13(16)21/h1-3,6-8H,4-5,21H2,(H,23,25). The molecule has 0 radical (unpaired) electrons. The van der Waals surface area contributed by atoms with Gasteiger partial charge in [0.1, 0.15) is 17.3 Å². The van der Waals surface area contributed by atoms with Crippen molar-refractivity contribution >= 4 is 17.3 Å². The molecule has 6 nitrogen and oxygen atoms in total. The predicted molar refractivity (Wildman–Crippen MR) is 87.4 cm³/mol. The molecule has 0 atom stereocenters. The number of hydrogen-bond donors (Lipinski definition) is 2. The molecule has 134 valence electrons. The van der Waals surface area contributed by atoms with Gasteiger partial charge in [-0.05, 0) is 24.3 Å². The molecule has 26 heavy (non-hydrogen) atoms. The summed E-state index contributed by atoms with van der Waals surface area (Å²) < 4.78 is 44.9. The summed E-state index contributed by atoms with van der Waals surface area (Å²) in [6.07, 6.45) is 0.0196. The molecule has 0 spiro atoms. The van der Waals surface area contributed by atoms with Crippen molar-refractivity contribution in [1.29, 1.82) is 0 Å². The summed E-state index contributed by atoms with van der Waals surface area (Å²) >= 11 is 0. The molecule has 0 bridgehead atoms. The van der Waals surface area contributed by atoms with Crippen LogP contribution >= 0.6 is 0 Å². The van der Waals surface area contributed by atoms with Gasteiger partial charge in [0.2, 0.25) is 5.91 Å². The number of nitrogens with zero attached hydrogens (tertiary/aromatic N) is 2. The lowest BCUT2D eigenvalue weighted by atomic mass is 10.2. The van der Waals surface area contributed by atoms with Gasteiger partial charge >= 0.3 is 0 Å². The van der Waals surface area contributed by atoms with E-state index < -0.39 is 23.4 Å². The number of amides is 1. The number of benzene rings is 2. The second-order valence-electron chi connectivity index (χ2n) is 5.43. The van der Waals surface area contributed by atoms with E-state index in [1.54, 1.807) is 6.07 Å². The molecule has 3 aromatic rings. The van der Waals surface area contributed by atoms with Crippen LogP contribution in [0.25, 0.3) is 11.5 Å². The highest BCUT2D eigenvalue weighted by molar-refractivity contribution is 5.94. The molecule has 0 fully saturated rings. The van der Waals surface area contributed by atoms with Crippen LogP contribution in [0.15, 0.2) is 40.9 Å². The van der Waals surface area contributed by atoms with Gasteiger partial charge in [0.15, 0.2) is 11.6 Å².